The van der Waals surface area contributed by atoms with Gasteiger partial charge in [0.2, 0.25) is 0 Å². The van der Waals surface area contributed by atoms with Crippen molar-refractivity contribution in [2.24, 2.45) is 0 Å². The molecule has 0 saturated carbocycles. The number of anilines is 1. The molecule has 0 fully saturated rings. The third kappa shape index (κ3) is 4.32. The number of imide groups is 1. The van der Waals surface area contributed by atoms with Gasteiger partial charge in [0, 0.05) is 27.9 Å². The molecule has 8 heteroatoms. The molecule has 140 valence electrons. The lowest BCUT2D eigenvalue weighted by molar-refractivity contribution is -0.114. The Morgan fingerprint density at radius 3 is 2.70 bits per heavy atom. The maximum Gasteiger partial charge on any atom is 0.260 e. The van der Waals surface area contributed by atoms with Crippen LogP contribution in [0.25, 0.3) is 5.57 Å². The second kappa shape index (κ2) is 8.39. The van der Waals surface area contributed by atoms with Crippen molar-refractivity contribution in [3.05, 3.63) is 55.8 Å². The summed E-state index contributed by atoms with van der Waals surface area (Å²) in [6, 6.07) is 9.04. The van der Waals surface area contributed by atoms with E-state index < -0.39 is 5.91 Å². The summed E-state index contributed by atoms with van der Waals surface area (Å²) in [6.45, 7) is 2.65. The highest BCUT2D eigenvalue weighted by Gasteiger charge is 2.27. The van der Waals surface area contributed by atoms with E-state index in [0.29, 0.717) is 39.5 Å². The molecule has 0 bridgehead atoms. The number of benzene rings is 1. The molecule has 1 N–H and O–H groups in total. The van der Waals surface area contributed by atoms with Crippen LogP contribution in [0.15, 0.2) is 41.1 Å². The van der Waals surface area contributed by atoms with Crippen molar-refractivity contribution in [3.8, 4) is 5.75 Å². The summed E-state index contributed by atoms with van der Waals surface area (Å²) in [5.41, 5.74) is 1.51. The number of amides is 2. The molecule has 27 heavy (non-hydrogen) atoms. The van der Waals surface area contributed by atoms with Gasteiger partial charge in [-0.25, -0.2) is 4.98 Å². The zero-order chi connectivity index (χ0) is 19.6. The average molecular weight is 542 g/mol. The van der Waals surface area contributed by atoms with E-state index in [1.165, 1.54) is 0 Å². The fourth-order valence-corrected chi connectivity index (χ4v) is 3.53. The second-order valence-electron chi connectivity index (χ2n) is 5.93. The Labute approximate surface area is 179 Å². The molecule has 6 nitrogen and oxygen atoms in total. The van der Waals surface area contributed by atoms with Gasteiger partial charge in [-0.05, 0) is 75.3 Å². The molecule has 2 aromatic rings. The number of hydrogen-bond acceptors (Lipinski definition) is 5. The number of fused-ring (bicyclic) bond motifs is 1. The molecule has 1 aromatic heterocycles. The number of pyridine rings is 1. The Morgan fingerprint density at radius 1 is 1.22 bits per heavy atom. The van der Waals surface area contributed by atoms with Crippen molar-refractivity contribution in [1.29, 1.82) is 0 Å². The molecule has 1 aromatic carbocycles. The van der Waals surface area contributed by atoms with E-state index in [-0.39, 0.29) is 5.91 Å². The van der Waals surface area contributed by atoms with Gasteiger partial charge in [0.05, 0.1) is 12.2 Å². The van der Waals surface area contributed by atoms with Crippen LogP contribution in [0.5, 0.6) is 5.75 Å². The first-order chi connectivity index (χ1) is 12.9. The van der Waals surface area contributed by atoms with E-state index in [9.17, 15) is 9.59 Å². The molecule has 1 aliphatic heterocycles. The summed E-state index contributed by atoms with van der Waals surface area (Å²) in [5.74, 6) is 0.491. The maximum atomic E-state index is 12.4. The van der Waals surface area contributed by atoms with E-state index in [2.05, 4.69) is 48.8 Å². The third-order valence-electron chi connectivity index (χ3n) is 3.93. The van der Waals surface area contributed by atoms with Crippen molar-refractivity contribution in [3.63, 3.8) is 0 Å². The number of aromatic nitrogens is 1. The summed E-state index contributed by atoms with van der Waals surface area (Å²) in [4.78, 5) is 30.7. The van der Waals surface area contributed by atoms with Gasteiger partial charge in [-0.1, -0.05) is 6.92 Å². The zero-order valence-corrected chi connectivity index (χ0v) is 18.5. The van der Waals surface area contributed by atoms with E-state index in [1.54, 1.807) is 24.2 Å². The van der Waals surface area contributed by atoms with Crippen LogP contribution in [0.2, 0.25) is 0 Å². The van der Waals surface area contributed by atoms with Crippen LogP contribution in [0, 0.1) is 3.57 Å². The highest BCUT2D eigenvalue weighted by atomic mass is 127. The monoisotopic (exact) mass is 541 g/mol. The number of hydrogen-bond donors (Lipinski definition) is 1. The minimum atomic E-state index is -0.427. The van der Waals surface area contributed by atoms with Crippen LogP contribution in [0.4, 0.5) is 5.82 Å². The molecule has 2 heterocycles. The second-order valence-corrected chi connectivity index (χ2v) is 7.93. The molecule has 0 atom stereocenters. The summed E-state index contributed by atoms with van der Waals surface area (Å²) >= 11 is 5.58. The summed E-state index contributed by atoms with van der Waals surface area (Å²) in [5, 5.41) is 2.38. The fourth-order valence-electron chi connectivity index (χ4n) is 2.61. The van der Waals surface area contributed by atoms with Gasteiger partial charge in [-0.15, -0.1) is 0 Å². The van der Waals surface area contributed by atoms with Crippen LogP contribution >= 0.6 is 38.5 Å². The van der Waals surface area contributed by atoms with Gasteiger partial charge in [0.1, 0.15) is 10.4 Å². The molecular formula is C19H17BrIN3O3. The van der Waals surface area contributed by atoms with Gasteiger partial charge in [-0.3, -0.25) is 14.9 Å². The number of nitrogens with zero attached hydrogens (tertiary/aromatic N) is 2. The van der Waals surface area contributed by atoms with Crippen LogP contribution < -0.4 is 15.0 Å². The Balaban J connectivity index is 1.95. The fraction of sp³-hybridized carbons (Fsp3) is 0.211. The minimum Gasteiger partial charge on any atom is -0.491 e. The lowest BCUT2D eigenvalue weighted by Gasteiger charge is -2.21. The number of carbonyl (C=O) groups is 2. The highest BCUT2D eigenvalue weighted by molar-refractivity contribution is 14.1. The van der Waals surface area contributed by atoms with Crippen molar-refractivity contribution in [2.45, 2.75) is 13.3 Å². The Bertz CT molecular complexity index is 946. The summed E-state index contributed by atoms with van der Waals surface area (Å²) < 4.78 is 7.15. The first kappa shape index (κ1) is 19.8. The number of halogens is 2. The lowest BCUT2D eigenvalue weighted by atomic mass is 9.95. The summed E-state index contributed by atoms with van der Waals surface area (Å²) in [6.07, 6.45) is 2.59. The molecule has 0 aliphatic carbocycles. The SMILES string of the molecule is CCCOc1ccc(N(C)/C=C2\C(=O)NC(=O)c3ccc(I)cc32)nc1Br. The lowest BCUT2D eigenvalue weighted by Crippen LogP contribution is -2.37. The Kier molecular flexibility index (Phi) is 6.15. The van der Waals surface area contributed by atoms with Gasteiger partial charge in [0.15, 0.2) is 5.75 Å². The van der Waals surface area contributed by atoms with Crippen LogP contribution in [0.3, 0.4) is 0 Å². The topological polar surface area (TPSA) is 71.5 Å². The van der Waals surface area contributed by atoms with Gasteiger partial charge in [0.25, 0.3) is 11.8 Å². The van der Waals surface area contributed by atoms with E-state index >= 15 is 0 Å². The van der Waals surface area contributed by atoms with Crippen molar-refractivity contribution >= 4 is 61.7 Å². The van der Waals surface area contributed by atoms with Crippen LogP contribution in [0.1, 0.15) is 29.3 Å². The van der Waals surface area contributed by atoms with Gasteiger partial charge >= 0.3 is 0 Å². The average Bonchev–Trinajstić information content (AvgIpc) is 2.63. The number of carbonyl (C=O) groups excluding carboxylic acids is 2. The van der Waals surface area contributed by atoms with Crippen molar-refractivity contribution in [1.82, 2.24) is 10.3 Å². The highest BCUT2D eigenvalue weighted by Crippen LogP contribution is 2.29. The predicted octanol–water partition coefficient (Wildman–Crippen LogP) is 3.98. The normalized spacial score (nSPS) is 14.7. The Hall–Kier alpha value is -1.94. The van der Waals surface area contributed by atoms with Crippen molar-refractivity contribution in [2.75, 3.05) is 18.6 Å². The molecule has 0 saturated heterocycles. The van der Waals surface area contributed by atoms with E-state index in [1.807, 2.05) is 31.2 Å². The molecule has 0 spiro atoms. The maximum absolute atomic E-state index is 12.4. The third-order valence-corrected chi connectivity index (χ3v) is 5.17. The molecule has 1 aliphatic rings. The van der Waals surface area contributed by atoms with Crippen LogP contribution in [-0.2, 0) is 4.79 Å². The first-order valence-corrected chi connectivity index (χ1v) is 10.2. The predicted molar refractivity (Wildman–Crippen MR) is 116 cm³/mol. The number of nitrogens with one attached hydrogen (secondary N) is 1. The Morgan fingerprint density at radius 2 is 2.00 bits per heavy atom. The molecule has 2 amide bonds. The quantitative estimate of drug-likeness (QED) is 0.268. The molecular weight excluding hydrogens is 525 g/mol. The molecule has 0 unspecified atom stereocenters. The van der Waals surface area contributed by atoms with Crippen LogP contribution in [-0.4, -0.2) is 30.5 Å². The van der Waals surface area contributed by atoms with E-state index in [0.717, 1.165) is 9.99 Å². The number of rotatable bonds is 5. The smallest absolute Gasteiger partial charge is 0.260 e. The van der Waals surface area contributed by atoms with Crippen molar-refractivity contribution < 1.29 is 14.3 Å². The molecule has 3 rings (SSSR count). The van der Waals surface area contributed by atoms with E-state index in [4.69, 9.17) is 4.74 Å². The number of ether oxygens (including phenoxy) is 1. The zero-order valence-electron chi connectivity index (χ0n) is 14.8. The van der Waals surface area contributed by atoms with Gasteiger partial charge < -0.3 is 9.64 Å². The summed E-state index contributed by atoms with van der Waals surface area (Å²) in [7, 11) is 1.80. The largest absolute Gasteiger partial charge is 0.491 e. The van der Waals surface area contributed by atoms with Gasteiger partial charge in [-0.2, -0.15) is 0 Å². The standard InChI is InChI=1S/C19H17BrIN3O3/c1-3-8-27-15-6-7-16(22-17(15)20)24(2)10-14-13-9-11(21)4-5-12(13)18(25)23-19(14)26/h4-7,9-10H,3,8H2,1-2H3,(H,23,25,26)/b14-10-. The first-order valence-electron chi connectivity index (χ1n) is 8.30. The molecule has 0 radical (unpaired) electrons. The minimum absolute atomic E-state index is 0.385.